The third-order valence-electron chi connectivity index (χ3n) is 12.6. The van der Waals surface area contributed by atoms with Crippen LogP contribution >= 0.6 is 15.9 Å². The smallest absolute Gasteiger partial charge is 0.0726 e. The van der Waals surface area contributed by atoms with Crippen LogP contribution in [0.4, 0.5) is 11.4 Å². The number of hydrogen-bond donors (Lipinski definition) is 0. The molecule has 2 unspecified atom stereocenters. The quantitative estimate of drug-likeness (QED) is 0.168. The van der Waals surface area contributed by atoms with Crippen molar-refractivity contribution in [2.75, 3.05) is 4.90 Å². The molecule has 3 aliphatic rings. The molecule has 1 spiro atoms. The zero-order valence-electron chi connectivity index (χ0n) is 31.1. The van der Waals surface area contributed by atoms with Crippen molar-refractivity contribution in [1.82, 2.24) is 0 Å². The van der Waals surface area contributed by atoms with Crippen molar-refractivity contribution in [3.8, 4) is 22.3 Å². The molecule has 0 aliphatic heterocycles. The minimum Gasteiger partial charge on any atom is -0.313 e. The van der Waals surface area contributed by atoms with Gasteiger partial charge < -0.3 is 4.90 Å². The Balaban J connectivity index is 1.22. The Kier molecular flexibility index (Phi) is 7.49. The number of fused-ring (bicyclic) bond motifs is 11. The van der Waals surface area contributed by atoms with E-state index in [9.17, 15) is 0 Å². The van der Waals surface area contributed by atoms with E-state index in [4.69, 9.17) is 0 Å². The average molecular weight is 781 g/mol. The Morgan fingerprint density at radius 3 is 1.84 bits per heavy atom. The molecule has 0 saturated heterocycles. The second-order valence-corrected chi connectivity index (χ2v) is 16.5. The Morgan fingerprint density at radius 1 is 0.500 bits per heavy atom. The van der Waals surface area contributed by atoms with Crippen molar-refractivity contribution < 1.29 is 0 Å². The molecular formula is C54H38BrN. The van der Waals surface area contributed by atoms with Crippen LogP contribution in [-0.4, -0.2) is 0 Å². The van der Waals surface area contributed by atoms with Gasteiger partial charge in [0.2, 0.25) is 0 Å². The molecule has 8 aromatic carbocycles. The molecule has 56 heavy (non-hydrogen) atoms. The first-order valence-corrected chi connectivity index (χ1v) is 20.3. The van der Waals surface area contributed by atoms with E-state index in [2.05, 4.69) is 228 Å². The van der Waals surface area contributed by atoms with Gasteiger partial charge in [0.15, 0.2) is 0 Å². The van der Waals surface area contributed by atoms with Gasteiger partial charge in [-0.15, -0.1) is 0 Å². The first-order chi connectivity index (χ1) is 27.6. The lowest BCUT2D eigenvalue weighted by molar-refractivity contribution is 0.557. The van der Waals surface area contributed by atoms with E-state index in [-0.39, 0.29) is 5.41 Å². The summed E-state index contributed by atoms with van der Waals surface area (Å²) in [6.07, 6.45) is 5.62. The maximum Gasteiger partial charge on any atom is 0.0726 e. The van der Waals surface area contributed by atoms with Crippen molar-refractivity contribution in [1.29, 1.82) is 0 Å². The van der Waals surface area contributed by atoms with Gasteiger partial charge >= 0.3 is 0 Å². The molecule has 3 aliphatic carbocycles. The molecule has 8 aromatic rings. The van der Waals surface area contributed by atoms with Crippen LogP contribution in [-0.2, 0) is 10.8 Å². The Labute approximate surface area is 337 Å². The van der Waals surface area contributed by atoms with E-state index in [0.29, 0.717) is 0 Å². The minimum atomic E-state index is -0.466. The first kappa shape index (κ1) is 33.1. The maximum absolute atomic E-state index is 3.90. The van der Waals surface area contributed by atoms with Crippen molar-refractivity contribution in [2.45, 2.75) is 24.2 Å². The second-order valence-electron chi connectivity index (χ2n) is 15.6. The van der Waals surface area contributed by atoms with Crippen LogP contribution in [0.3, 0.4) is 0 Å². The number of halogens is 1. The minimum absolute atomic E-state index is 0.352. The Morgan fingerprint density at radius 2 is 1.09 bits per heavy atom. The number of anilines is 2. The predicted molar refractivity (Wildman–Crippen MR) is 237 cm³/mol. The first-order valence-electron chi connectivity index (χ1n) is 19.5. The molecule has 0 radical (unpaired) electrons. The highest BCUT2D eigenvalue weighted by molar-refractivity contribution is 9.10. The summed E-state index contributed by atoms with van der Waals surface area (Å²) in [5.74, 6) is 0. The summed E-state index contributed by atoms with van der Waals surface area (Å²) in [5, 5.41) is 2.45. The van der Waals surface area contributed by atoms with E-state index >= 15 is 0 Å². The van der Waals surface area contributed by atoms with Crippen LogP contribution in [0.5, 0.6) is 0 Å². The van der Waals surface area contributed by atoms with Crippen LogP contribution in [0.1, 0.15) is 46.7 Å². The third-order valence-corrected chi connectivity index (χ3v) is 13.1. The van der Waals surface area contributed by atoms with Gasteiger partial charge in [0.05, 0.1) is 11.1 Å². The molecule has 0 heterocycles. The molecule has 0 bridgehead atoms. The van der Waals surface area contributed by atoms with E-state index in [1.54, 1.807) is 0 Å². The van der Waals surface area contributed by atoms with Gasteiger partial charge in [-0.1, -0.05) is 180 Å². The fourth-order valence-corrected chi connectivity index (χ4v) is 10.5. The van der Waals surface area contributed by atoms with Gasteiger partial charge in [0.1, 0.15) is 0 Å². The zero-order chi connectivity index (χ0) is 37.4. The van der Waals surface area contributed by atoms with Gasteiger partial charge in [-0.25, -0.2) is 0 Å². The van der Waals surface area contributed by atoms with Gasteiger partial charge in [0, 0.05) is 26.7 Å². The van der Waals surface area contributed by atoms with Crippen molar-refractivity contribution in [3.05, 3.63) is 244 Å². The summed E-state index contributed by atoms with van der Waals surface area (Å²) in [4.78, 5) is 2.58. The van der Waals surface area contributed by atoms with Crippen molar-refractivity contribution in [3.63, 3.8) is 0 Å². The fraction of sp³-hybridized carbons (Fsp3) is 0.0741. The molecular weight excluding hydrogens is 743 g/mol. The molecule has 0 amide bonds. The summed E-state index contributed by atoms with van der Waals surface area (Å²) in [5.41, 5.74) is 17.2. The highest BCUT2D eigenvalue weighted by Gasteiger charge is 2.52. The van der Waals surface area contributed by atoms with E-state index < -0.39 is 5.41 Å². The number of allylic oxidation sites excluding steroid dienone is 4. The summed E-state index contributed by atoms with van der Waals surface area (Å²) >= 11 is 3.90. The van der Waals surface area contributed by atoms with E-state index in [1.807, 2.05) is 0 Å². The van der Waals surface area contributed by atoms with Crippen molar-refractivity contribution in [2.24, 2.45) is 0 Å². The number of hydrogen-bond acceptors (Lipinski definition) is 1. The highest BCUT2D eigenvalue weighted by atomic mass is 79.9. The van der Waals surface area contributed by atoms with Crippen LogP contribution in [0.25, 0.3) is 38.6 Å². The van der Waals surface area contributed by atoms with Gasteiger partial charge in [0.25, 0.3) is 0 Å². The largest absolute Gasteiger partial charge is 0.313 e. The predicted octanol–water partition coefficient (Wildman–Crippen LogP) is 14.4. The Bertz CT molecular complexity index is 2900. The zero-order valence-corrected chi connectivity index (χ0v) is 32.7. The van der Waals surface area contributed by atoms with Crippen LogP contribution < -0.4 is 4.90 Å². The molecule has 0 saturated carbocycles. The topological polar surface area (TPSA) is 3.24 Å². The SMILES string of the molecule is CC1(c2ccccc2)CC(c2ccccc2)=CC=C1N(c1ccc2c(c1)C1(c3ccccc3-c3ccc(Br)cc31)c1ccccc1-2)c1cccc2ccccc12. The molecule has 2 heteroatoms. The number of rotatable bonds is 5. The lowest BCUT2D eigenvalue weighted by atomic mass is 9.69. The Hall–Kier alpha value is -6.22. The average Bonchev–Trinajstić information content (AvgIpc) is 3.71. The van der Waals surface area contributed by atoms with Crippen molar-refractivity contribution >= 4 is 43.7 Å². The summed E-state index contributed by atoms with van der Waals surface area (Å²) in [6.45, 7) is 2.44. The van der Waals surface area contributed by atoms with E-state index in [1.165, 1.54) is 83.4 Å². The van der Waals surface area contributed by atoms with Gasteiger partial charge in [-0.05, 0) is 116 Å². The number of benzene rings is 8. The molecule has 0 fully saturated rings. The van der Waals surface area contributed by atoms with E-state index in [0.717, 1.165) is 16.6 Å². The standard InChI is InChI=1S/C54H38BrN/c1-53(39-19-6-3-7-20-39)35-38(36-15-4-2-5-16-36)27-32-52(53)56(51-26-14-18-37-17-8-9-21-42(37)51)41-29-31-46-44-23-11-13-25-48(44)54(50(46)34-41)47-24-12-10-22-43(47)45-30-28-40(55)33-49(45)54/h2-34H,35H2,1H3. The second kappa shape index (κ2) is 12.7. The van der Waals surface area contributed by atoms with Crippen LogP contribution in [0, 0.1) is 0 Å². The molecule has 11 rings (SSSR count). The number of nitrogens with zero attached hydrogens (tertiary/aromatic N) is 1. The van der Waals surface area contributed by atoms with Gasteiger partial charge in [-0.2, -0.15) is 0 Å². The van der Waals surface area contributed by atoms with Crippen LogP contribution in [0.15, 0.2) is 210 Å². The molecule has 2 atom stereocenters. The van der Waals surface area contributed by atoms with Gasteiger partial charge in [-0.3, -0.25) is 0 Å². The third kappa shape index (κ3) is 4.72. The molecule has 1 nitrogen and oxygen atoms in total. The lowest BCUT2D eigenvalue weighted by Crippen LogP contribution is -2.36. The summed E-state index contributed by atoms with van der Waals surface area (Å²) in [7, 11) is 0. The normalized spacial score (nSPS) is 18.8. The molecule has 0 N–H and O–H groups in total. The summed E-state index contributed by atoms with van der Waals surface area (Å²) < 4.78 is 1.09. The fourth-order valence-electron chi connectivity index (χ4n) is 10.2. The maximum atomic E-state index is 3.90. The van der Waals surface area contributed by atoms with Crippen LogP contribution in [0.2, 0.25) is 0 Å². The molecule has 266 valence electrons. The highest BCUT2D eigenvalue weighted by Crippen LogP contribution is 2.64. The monoisotopic (exact) mass is 779 g/mol. The summed E-state index contributed by atoms with van der Waals surface area (Å²) in [6, 6.07) is 69.8. The lowest BCUT2D eigenvalue weighted by Gasteiger charge is -2.43. The molecule has 0 aromatic heterocycles.